The summed E-state index contributed by atoms with van der Waals surface area (Å²) in [5, 5.41) is 2.73. The first-order valence-electron chi connectivity index (χ1n) is 8.07. The number of amides is 1. The molecule has 2 aromatic rings. The summed E-state index contributed by atoms with van der Waals surface area (Å²) in [5.41, 5.74) is 2.11. The number of hydrogen-bond acceptors (Lipinski definition) is 2. The zero-order valence-electron chi connectivity index (χ0n) is 14.0. The van der Waals surface area contributed by atoms with E-state index in [1.165, 1.54) is 0 Å². The highest BCUT2D eigenvalue weighted by Crippen LogP contribution is 2.13. The highest BCUT2D eigenvalue weighted by atomic mass is 19.1. The Bertz CT molecular complexity index is 679. The lowest BCUT2D eigenvalue weighted by Gasteiger charge is -2.20. The van der Waals surface area contributed by atoms with Gasteiger partial charge in [-0.1, -0.05) is 38.1 Å². The number of nitrogens with one attached hydrogen (secondary N) is 1. The van der Waals surface area contributed by atoms with Crippen LogP contribution in [-0.2, 0) is 13.1 Å². The summed E-state index contributed by atoms with van der Waals surface area (Å²) in [6.45, 7) is 7.21. The Kier molecular flexibility index (Phi) is 6.44. The van der Waals surface area contributed by atoms with E-state index in [1.807, 2.05) is 24.3 Å². The van der Waals surface area contributed by atoms with Crippen LogP contribution >= 0.6 is 0 Å². The second-order valence-electron chi connectivity index (χ2n) is 5.57. The minimum absolute atomic E-state index is 0.0197. The molecule has 0 aliphatic heterocycles. The summed E-state index contributed by atoms with van der Waals surface area (Å²) >= 11 is 0. The van der Waals surface area contributed by atoms with E-state index in [2.05, 4.69) is 24.1 Å². The lowest BCUT2D eigenvalue weighted by molar-refractivity contribution is 0.0949. The van der Waals surface area contributed by atoms with Gasteiger partial charge in [-0.3, -0.25) is 9.69 Å². The van der Waals surface area contributed by atoms with Crippen molar-refractivity contribution in [2.24, 2.45) is 0 Å². The molecule has 5 heteroatoms. The zero-order chi connectivity index (χ0) is 17.5. The Labute approximate surface area is 141 Å². The summed E-state index contributed by atoms with van der Waals surface area (Å²) in [4.78, 5) is 14.4. The Morgan fingerprint density at radius 2 is 1.58 bits per heavy atom. The molecule has 0 aliphatic rings. The van der Waals surface area contributed by atoms with E-state index in [-0.39, 0.29) is 5.56 Å². The molecule has 0 spiro atoms. The average molecular weight is 332 g/mol. The molecule has 0 bridgehead atoms. The molecule has 2 rings (SSSR count). The van der Waals surface area contributed by atoms with E-state index >= 15 is 0 Å². The van der Waals surface area contributed by atoms with E-state index in [0.717, 1.165) is 49.0 Å². The van der Waals surface area contributed by atoms with Crippen LogP contribution < -0.4 is 5.32 Å². The number of carbonyl (C=O) groups is 1. The van der Waals surface area contributed by atoms with Crippen LogP contribution in [0.2, 0.25) is 0 Å². The van der Waals surface area contributed by atoms with Gasteiger partial charge in [-0.05, 0) is 36.3 Å². The summed E-state index contributed by atoms with van der Waals surface area (Å²) in [7, 11) is 0. The molecule has 0 saturated carbocycles. The van der Waals surface area contributed by atoms with Crippen molar-refractivity contribution < 1.29 is 13.6 Å². The number of halogens is 2. The quantitative estimate of drug-likeness (QED) is 0.838. The highest BCUT2D eigenvalue weighted by molar-refractivity contribution is 5.94. The van der Waals surface area contributed by atoms with Crippen LogP contribution in [0.1, 0.15) is 35.3 Å². The Morgan fingerprint density at radius 1 is 1.00 bits per heavy atom. The number of benzene rings is 2. The summed E-state index contributed by atoms with van der Waals surface area (Å²) in [6, 6.07) is 10.7. The van der Waals surface area contributed by atoms with Crippen molar-refractivity contribution >= 4 is 5.91 Å². The van der Waals surface area contributed by atoms with E-state index in [9.17, 15) is 13.6 Å². The van der Waals surface area contributed by atoms with Crippen molar-refractivity contribution in [2.75, 3.05) is 13.1 Å². The van der Waals surface area contributed by atoms with Crippen molar-refractivity contribution in [2.45, 2.75) is 26.9 Å². The molecule has 3 nitrogen and oxygen atoms in total. The Hall–Kier alpha value is -2.27. The van der Waals surface area contributed by atoms with Crippen LogP contribution in [0.15, 0.2) is 42.5 Å². The van der Waals surface area contributed by atoms with Gasteiger partial charge in [-0.15, -0.1) is 0 Å². The molecule has 1 amide bonds. The summed E-state index contributed by atoms with van der Waals surface area (Å²) in [6.07, 6.45) is 0. The molecule has 0 fully saturated rings. The molecule has 0 heterocycles. The summed E-state index contributed by atoms with van der Waals surface area (Å²) in [5.74, 6) is -2.02. The average Bonchev–Trinajstić information content (AvgIpc) is 2.57. The molecule has 0 radical (unpaired) electrons. The van der Waals surface area contributed by atoms with Crippen molar-refractivity contribution in [3.63, 3.8) is 0 Å². The molecular formula is C19H22F2N2O. The van der Waals surface area contributed by atoms with Crippen LogP contribution in [0.3, 0.4) is 0 Å². The van der Waals surface area contributed by atoms with E-state index in [1.54, 1.807) is 0 Å². The van der Waals surface area contributed by atoms with Gasteiger partial charge in [0.15, 0.2) is 0 Å². The second-order valence-corrected chi connectivity index (χ2v) is 5.57. The molecular weight excluding hydrogens is 310 g/mol. The first-order chi connectivity index (χ1) is 11.5. The monoisotopic (exact) mass is 332 g/mol. The molecule has 0 unspecified atom stereocenters. The molecule has 128 valence electrons. The topological polar surface area (TPSA) is 32.3 Å². The van der Waals surface area contributed by atoms with Gasteiger partial charge in [0, 0.05) is 24.7 Å². The predicted octanol–water partition coefficient (Wildman–Crippen LogP) is 3.74. The largest absolute Gasteiger partial charge is 0.348 e. The van der Waals surface area contributed by atoms with Gasteiger partial charge in [0.1, 0.15) is 11.6 Å². The molecule has 0 atom stereocenters. The SMILES string of the molecule is CCN(CC)Cc1ccccc1CNC(=O)c1cc(F)cc(F)c1. The lowest BCUT2D eigenvalue weighted by Crippen LogP contribution is -2.26. The van der Waals surface area contributed by atoms with E-state index in [0.29, 0.717) is 6.54 Å². The van der Waals surface area contributed by atoms with Crippen LogP contribution in [0.25, 0.3) is 0 Å². The maximum absolute atomic E-state index is 13.2. The molecule has 0 aliphatic carbocycles. The van der Waals surface area contributed by atoms with Gasteiger partial charge >= 0.3 is 0 Å². The standard InChI is InChI=1S/C19H22F2N2O/c1-3-23(4-2)13-15-8-6-5-7-14(15)12-22-19(24)16-9-17(20)11-18(21)10-16/h5-11H,3-4,12-13H2,1-2H3,(H,22,24). The third-order valence-corrected chi connectivity index (χ3v) is 3.97. The van der Waals surface area contributed by atoms with Gasteiger partial charge in [0.05, 0.1) is 0 Å². The summed E-state index contributed by atoms with van der Waals surface area (Å²) < 4.78 is 26.4. The molecule has 0 saturated heterocycles. The van der Waals surface area contributed by atoms with Gasteiger partial charge in [0.25, 0.3) is 5.91 Å². The van der Waals surface area contributed by atoms with Gasteiger partial charge < -0.3 is 5.32 Å². The smallest absolute Gasteiger partial charge is 0.251 e. The van der Waals surface area contributed by atoms with Crippen LogP contribution in [-0.4, -0.2) is 23.9 Å². The first kappa shape index (κ1) is 18.1. The first-order valence-corrected chi connectivity index (χ1v) is 8.07. The maximum Gasteiger partial charge on any atom is 0.251 e. The Morgan fingerprint density at radius 3 is 2.17 bits per heavy atom. The fourth-order valence-corrected chi connectivity index (χ4v) is 2.53. The van der Waals surface area contributed by atoms with Gasteiger partial charge in [-0.2, -0.15) is 0 Å². The third kappa shape index (κ3) is 4.86. The van der Waals surface area contributed by atoms with Crippen molar-refractivity contribution in [1.29, 1.82) is 0 Å². The molecule has 1 N–H and O–H groups in total. The number of hydrogen-bond donors (Lipinski definition) is 1. The minimum atomic E-state index is -0.762. The molecule has 24 heavy (non-hydrogen) atoms. The van der Waals surface area contributed by atoms with Crippen molar-refractivity contribution in [1.82, 2.24) is 10.2 Å². The van der Waals surface area contributed by atoms with E-state index < -0.39 is 17.5 Å². The van der Waals surface area contributed by atoms with Crippen molar-refractivity contribution in [3.8, 4) is 0 Å². The maximum atomic E-state index is 13.2. The van der Waals surface area contributed by atoms with Gasteiger partial charge in [-0.25, -0.2) is 8.78 Å². The number of rotatable bonds is 7. The lowest BCUT2D eigenvalue weighted by atomic mass is 10.1. The normalized spacial score (nSPS) is 10.9. The van der Waals surface area contributed by atoms with Crippen LogP contribution in [0.5, 0.6) is 0 Å². The second kappa shape index (κ2) is 8.55. The highest BCUT2D eigenvalue weighted by Gasteiger charge is 2.11. The predicted molar refractivity (Wildman–Crippen MR) is 90.6 cm³/mol. The third-order valence-electron chi connectivity index (χ3n) is 3.97. The fraction of sp³-hybridized carbons (Fsp3) is 0.316. The number of carbonyl (C=O) groups excluding carboxylic acids is 1. The van der Waals surface area contributed by atoms with Crippen LogP contribution in [0, 0.1) is 11.6 Å². The molecule has 2 aromatic carbocycles. The van der Waals surface area contributed by atoms with Crippen molar-refractivity contribution in [3.05, 3.63) is 70.8 Å². The fourth-order valence-electron chi connectivity index (χ4n) is 2.53. The van der Waals surface area contributed by atoms with E-state index in [4.69, 9.17) is 0 Å². The Balaban J connectivity index is 2.07. The van der Waals surface area contributed by atoms with Crippen LogP contribution in [0.4, 0.5) is 8.78 Å². The van der Waals surface area contributed by atoms with Gasteiger partial charge in [0.2, 0.25) is 0 Å². The minimum Gasteiger partial charge on any atom is -0.348 e. The number of nitrogens with zero attached hydrogens (tertiary/aromatic N) is 1. The zero-order valence-corrected chi connectivity index (χ0v) is 14.0. The molecule has 0 aromatic heterocycles.